The number of ether oxygens (including phenoxy) is 1. The Kier molecular flexibility index (Phi) is 7.76. The third-order valence-electron chi connectivity index (χ3n) is 9.43. The molecule has 46 heavy (non-hydrogen) atoms. The van der Waals surface area contributed by atoms with Gasteiger partial charge in [-0.05, 0) is 88.7 Å². The van der Waals surface area contributed by atoms with Crippen LogP contribution in [0.5, 0.6) is 0 Å². The summed E-state index contributed by atoms with van der Waals surface area (Å²) in [5.74, 6) is 0.0627. The molecule has 0 radical (unpaired) electrons. The fraction of sp³-hybridized carbons (Fsp3) is 0.394. The summed E-state index contributed by atoms with van der Waals surface area (Å²) >= 11 is 0. The third kappa shape index (κ3) is 5.11. The highest BCUT2D eigenvalue weighted by atomic mass is 32.2. The molecule has 3 fully saturated rings. The fourth-order valence-electron chi connectivity index (χ4n) is 7.22. The molecule has 8 rings (SSSR count). The molecule has 0 amide bonds. The number of pyridine rings is 1. The van der Waals surface area contributed by atoms with Crippen molar-refractivity contribution in [2.24, 2.45) is 17.8 Å². The van der Waals surface area contributed by atoms with E-state index in [0.29, 0.717) is 30.0 Å². The average molecular weight is 646 g/mol. The molecule has 0 saturated heterocycles. The van der Waals surface area contributed by atoms with E-state index in [1.165, 1.54) is 24.4 Å². The van der Waals surface area contributed by atoms with Crippen molar-refractivity contribution >= 4 is 38.4 Å². The highest BCUT2D eigenvalue weighted by molar-refractivity contribution is 7.90. The molecule has 13 heteroatoms. The van der Waals surface area contributed by atoms with Gasteiger partial charge in [-0.3, -0.25) is 4.79 Å². The van der Waals surface area contributed by atoms with Crippen molar-refractivity contribution in [1.82, 2.24) is 28.9 Å². The Labute approximate surface area is 266 Å². The number of fused-ring (bicyclic) bond motifs is 5. The number of benzene rings is 1. The summed E-state index contributed by atoms with van der Waals surface area (Å²) in [6.07, 6.45) is 6.39. The molecule has 3 saturated carbocycles. The second-order valence-electron chi connectivity index (χ2n) is 12.2. The maximum Gasteiger partial charge on any atom is 0.311 e. The Balaban J connectivity index is 1.40. The van der Waals surface area contributed by atoms with Gasteiger partial charge in [-0.15, -0.1) is 5.10 Å². The lowest BCUT2D eigenvalue weighted by molar-refractivity contribution is -0.154. The number of hydrogen-bond donors (Lipinski definition) is 2. The van der Waals surface area contributed by atoms with Crippen molar-refractivity contribution in [2.75, 3.05) is 19.0 Å². The largest absolute Gasteiger partial charge is 0.466 e. The molecular weight excluding hydrogens is 609 g/mol. The van der Waals surface area contributed by atoms with E-state index in [0.717, 1.165) is 47.1 Å². The quantitative estimate of drug-likeness (QED) is 0.214. The standard InChI is InChI=1S/C33H36FN7O4S/c1-4-45-33(42)28-20-7-9-21(10-8-20)29(28)37-31-27-14-11-23(17-35-3)41(27)39-30(38-31)26-18-40(32-25(26)15-22(34)16-36-32)46(43,44)24-12-5-19(2)6-13-24/h5-6,11-16,18,20-21,28-29,35H,4,7-10,17H2,1-3H3,(H,37,38,39)/t20-,21+,28-,29-/m0/s1. The molecular formula is C33H36FN7O4S. The van der Waals surface area contributed by atoms with E-state index in [9.17, 15) is 17.6 Å². The van der Waals surface area contributed by atoms with Crippen LogP contribution < -0.4 is 10.6 Å². The highest BCUT2D eigenvalue weighted by Gasteiger charge is 2.48. The van der Waals surface area contributed by atoms with Gasteiger partial charge < -0.3 is 15.4 Å². The number of halogens is 1. The van der Waals surface area contributed by atoms with E-state index < -0.39 is 15.8 Å². The predicted molar refractivity (Wildman–Crippen MR) is 171 cm³/mol. The number of nitrogens with zero attached hydrogens (tertiary/aromatic N) is 5. The van der Waals surface area contributed by atoms with Gasteiger partial charge in [-0.2, -0.15) is 0 Å². The first-order valence-corrected chi connectivity index (χ1v) is 17.1. The van der Waals surface area contributed by atoms with Gasteiger partial charge in [0.1, 0.15) is 11.3 Å². The zero-order valence-electron chi connectivity index (χ0n) is 25.9. The first kappa shape index (κ1) is 30.3. The lowest BCUT2D eigenvalue weighted by Gasteiger charge is -2.47. The molecule has 11 nitrogen and oxygen atoms in total. The van der Waals surface area contributed by atoms with Crippen LogP contribution in [-0.2, 0) is 26.1 Å². The number of aryl methyl sites for hydroxylation is 1. The van der Waals surface area contributed by atoms with Crippen molar-refractivity contribution in [3.8, 4) is 11.4 Å². The topological polar surface area (TPSA) is 133 Å². The van der Waals surface area contributed by atoms with Crippen LogP contribution in [0.1, 0.15) is 43.9 Å². The van der Waals surface area contributed by atoms with Gasteiger partial charge in [0.2, 0.25) is 0 Å². The molecule has 4 heterocycles. The Hall–Kier alpha value is -4.36. The molecule has 3 aliphatic carbocycles. The van der Waals surface area contributed by atoms with E-state index in [2.05, 4.69) is 15.6 Å². The summed E-state index contributed by atoms with van der Waals surface area (Å²) in [6, 6.07) is 11.4. The van der Waals surface area contributed by atoms with Crippen molar-refractivity contribution in [3.63, 3.8) is 0 Å². The molecule has 0 spiro atoms. The number of nitrogens with one attached hydrogen (secondary N) is 2. The van der Waals surface area contributed by atoms with Crippen LogP contribution >= 0.6 is 0 Å². The monoisotopic (exact) mass is 645 g/mol. The SMILES string of the molecule is CCOC(=O)[C@H]1[C@H]2CC[C@H](CC2)[C@@H]1Nc1nc(-c2cn(S(=O)(=O)c3ccc(C)cc3)c3ncc(F)cc23)nn2c(CNC)ccc12. The van der Waals surface area contributed by atoms with Gasteiger partial charge in [-0.25, -0.2) is 31.3 Å². The minimum atomic E-state index is -4.10. The maximum atomic E-state index is 14.7. The second kappa shape index (κ2) is 11.8. The van der Waals surface area contributed by atoms with E-state index in [-0.39, 0.29) is 51.5 Å². The van der Waals surface area contributed by atoms with Crippen LogP contribution in [0.25, 0.3) is 27.9 Å². The van der Waals surface area contributed by atoms with Gasteiger partial charge in [0.05, 0.1) is 29.3 Å². The fourth-order valence-corrected chi connectivity index (χ4v) is 8.54. The minimum Gasteiger partial charge on any atom is -0.466 e. The number of aromatic nitrogens is 5. The summed E-state index contributed by atoms with van der Waals surface area (Å²) in [7, 11) is -2.26. The molecule has 240 valence electrons. The van der Waals surface area contributed by atoms with Crippen molar-refractivity contribution in [1.29, 1.82) is 0 Å². The van der Waals surface area contributed by atoms with E-state index in [1.54, 1.807) is 16.6 Å². The van der Waals surface area contributed by atoms with Crippen molar-refractivity contribution in [3.05, 3.63) is 71.9 Å². The number of anilines is 1. The molecule has 1 aromatic carbocycles. The Morgan fingerprint density at radius 3 is 2.54 bits per heavy atom. The number of hydrogen-bond acceptors (Lipinski definition) is 9. The summed E-state index contributed by atoms with van der Waals surface area (Å²) in [5.41, 5.74) is 2.83. The molecule has 0 unspecified atom stereocenters. The molecule has 3 aliphatic rings. The second-order valence-corrected chi connectivity index (χ2v) is 14.1. The van der Waals surface area contributed by atoms with Crippen molar-refractivity contribution in [2.45, 2.75) is 57.0 Å². The van der Waals surface area contributed by atoms with Crippen LogP contribution in [0, 0.1) is 30.5 Å². The van der Waals surface area contributed by atoms with Crippen LogP contribution in [-0.4, -0.2) is 57.6 Å². The maximum absolute atomic E-state index is 14.7. The zero-order chi connectivity index (χ0) is 32.2. The average Bonchev–Trinajstić information content (AvgIpc) is 3.64. The summed E-state index contributed by atoms with van der Waals surface area (Å²) < 4.78 is 50.8. The van der Waals surface area contributed by atoms with Gasteiger partial charge in [0.15, 0.2) is 17.3 Å². The molecule has 2 bridgehead atoms. The normalized spacial score (nSPS) is 21.2. The van der Waals surface area contributed by atoms with Crippen LogP contribution in [0.3, 0.4) is 0 Å². The van der Waals surface area contributed by atoms with Crippen LogP contribution in [0.15, 0.2) is 59.8 Å². The molecule has 2 N–H and O–H groups in total. The van der Waals surface area contributed by atoms with E-state index >= 15 is 0 Å². The zero-order valence-corrected chi connectivity index (χ0v) is 26.7. The molecule has 4 aromatic heterocycles. The number of esters is 1. The van der Waals surface area contributed by atoms with E-state index in [4.69, 9.17) is 14.8 Å². The summed E-state index contributed by atoms with van der Waals surface area (Å²) in [5, 5.41) is 11.9. The van der Waals surface area contributed by atoms with Gasteiger partial charge in [0, 0.05) is 29.7 Å². The predicted octanol–water partition coefficient (Wildman–Crippen LogP) is 4.93. The Morgan fingerprint density at radius 2 is 1.83 bits per heavy atom. The molecule has 0 aliphatic heterocycles. The van der Waals surface area contributed by atoms with Crippen molar-refractivity contribution < 1.29 is 22.3 Å². The molecule has 2 atom stereocenters. The first-order valence-electron chi connectivity index (χ1n) is 15.6. The minimum absolute atomic E-state index is 0.0603. The first-order chi connectivity index (χ1) is 22.2. The third-order valence-corrected chi connectivity index (χ3v) is 11.1. The lowest BCUT2D eigenvalue weighted by atomic mass is 9.61. The highest BCUT2D eigenvalue weighted by Crippen LogP contribution is 2.47. The number of carbonyl (C=O) groups is 1. The summed E-state index contributed by atoms with van der Waals surface area (Å²) in [4.78, 5) is 22.4. The van der Waals surface area contributed by atoms with Gasteiger partial charge in [0.25, 0.3) is 10.0 Å². The van der Waals surface area contributed by atoms with Crippen LogP contribution in [0.4, 0.5) is 10.2 Å². The van der Waals surface area contributed by atoms with Gasteiger partial charge >= 0.3 is 5.97 Å². The summed E-state index contributed by atoms with van der Waals surface area (Å²) in [6.45, 7) is 4.51. The lowest BCUT2D eigenvalue weighted by Crippen LogP contribution is -2.52. The molecule has 5 aromatic rings. The Bertz CT molecular complexity index is 2050. The Morgan fingerprint density at radius 1 is 1.09 bits per heavy atom. The number of carbonyl (C=O) groups excluding carboxylic acids is 1. The van der Waals surface area contributed by atoms with Gasteiger partial charge in [-0.1, -0.05) is 17.7 Å². The number of rotatable bonds is 9. The smallest absolute Gasteiger partial charge is 0.311 e. The van der Waals surface area contributed by atoms with E-state index in [1.807, 2.05) is 33.0 Å². The van der Waals surface area contributed by atoms with Crippen LogP contribution in [0.2, 0.25) is 0 Å².